The van der Waals surface area contributed by atoms with Crippen LogP contribution in [-0.4, -0.2) is 11.8 Å². The predicted molar refractivity (Wildman–Crippen MR) is 57.1 cm³/mol. The van der Waals surface area contributed by atoms with Crippen molar-refractivity contribution in [2.45, 2.75) is 20.3 Å². The molecule has 0 N–H and O–H groups in total. The number of ether oxygens (including phenoxy) is 1. The quantitative estimate of drug-likeness (QED) is 0.587. The highest BCUT2D eigenvalue weighted by Gasteiger charge is 2.06. The number of hydrogen-bond donors (Lipinski definition) is 0. The van der Waals surface area contributed by atoms with E-state index in [0.29, 0.717) is 17.2 Å². The van der Waals surface area contributed by atoms with E-state index in [9.17, 15) is 9.59 Å². The third kappa shape index (κ3) is 3.72. The first-order valence-corrected chi connectivity index (χ1v) is 4.83. The number of carbonyl (C=O) groups excluding carboxylic acids is 2. The summed E-state index contributed by atoms with van der Waals surface area (Å²) >= 11 is 5.91. The molecule has 1 rings (SSSR count). The Kier molecular flexibility index (Phi) is 3.86. The van der Waals surface area contributed by atoms with E-state index in [-0.39, 0.29) is 5.78 Å². The fourth-order valence-corrected chi connectivity index (χ4v) is 1.41. The number of benzene rings is 1. The molecule has 0 unspecified atom stereocenters. The molecule has 0 aliphatic heterocycles. The molecule has 0 fully saturated rings. The van der Waals surface area contributed by atoms with E-state index >= 15 is 0 Å². The molecule has 0 aliphatic rings. The minimum atomic E-state index is -0.398. The Labute approximate surface area is 93.0 Å². The summed E-state index contributed by atoms with van der Waals surface area (Å²) in [6.07, 6.45) is 0.291. The zero-order chi connectivity index (χ0) is 11.4. The standard InChI is InChI=1S/C11H11ClO3/c1-7(13)5-9-3-4-10(6-11(9)12)15-8(2)14/h3-4,6H,5H2,1-2H3. The molecule has 0 saturated carbocycles. The van der Waals surface area contributed by atoms with E-state index in [0.717, 1.165) is 5.56 Å². The summed E-state index contributed by atoms with van der Waals surface area (Å²) in [4.78, 5) is 21.6. The number of rotatable bonds is 3. The number of hydrogen-bond acceptors (Lipinski definition) is 3. The van der Waals surface area contributed by atoms with Gasteiger partial charge in [0.05, 0.1) is 0 Å². The molecule has 15 heavy (non-hydrogen) atoms. The Morgan fingerprint density at radius 2 is 2.00 bits per heavy atom. The van der Waals surface area contributed by atoms with Gasteiger partial charge in [-0.3, -0.25) is 9.59 Å². The first-order valence-electron chi connectivity index (χ1n) is 4.45. The number of carbonyl (C=O) groups is 2. The van der Waals surface area contributed by atoms with Gasteiger partial charge in [-0.25, -0.2) is 0 Å². The normalized spacial score (nSPS) is 9.80. The zero-order valence-corrected chi connectivity index (χ0v) is 9.30. The van der Waals surface area contributed by atoms with Gasteiger partial charge in [0.1, 0.15) is 11.5 Å². The van der Waals surface area contributed by atoms with Gasteiger partial charge in [-0.2, -0.15) is 0 Å². The van der Waals surface area contributed by atoms with Crippen LogP contribution in [0.4, 0.5) is 0 Å². The maximum Gasteiger partial charge on any atom is 0.308 e. The maximum atomic E-state index is 10.9. The van der Waals surface area contributed by atoms with Crippen molar-refractivity contribution in [1.82, 2.24) is 0 Å². The van der Waals surface area contributed by atoms with Crippen molar-refractivity contribution < 1.29 is 14.3 Å². The van der Waals surface area contributed by atoms with Crippen LogP contribution in [0.15, 0.2) is 18.2 Å². The molecule has 0 heterocycles. The number of esters is 1. The Morgan fingerprint density at radius 1 is 1.33 bits per heavy atom. The predicted octanol–water partition coefficient (Wildman–Crippen LogP) is 2.40. The monoisotopic (exact) mass is 226 g/mol. The summed E-state index contributed by atoms with van der Waals surface area (Å²) < 4.78 is 4.85. The smallest absolute Gasteiger partial charge is 0.308 e. The Bertz CT molecular complexity index is 399. The summed E-state index contributed by atoms with van der Waals surface area (Å²) in [6, 6.07) is 4.83. The first kappa shape index (κ1) is 11.7. The van der Waals surface area contributed by atoms with Gasteiger partial charge in [-0.15, -0.1) is 0 Å². The third-order valence-corrected chi connectivity index (χ3v) is 2.08. The highest BCUT2D eigenvalue weighted by Crippen LogP contribution is 2.23. The molecule has 0 bridgehead atoms. The lowest BCUT2D eigenvalue weighted by atomic mass is 10.1. The molecule has 0 amide bonds. The van der Waals surface area contributed by atoms with Gasteiger partial charge in [0.15, 0.2) is 0 Å². The maximum absolute atomic E-state index is 10.9. The van der Waals surface area contributed by atoms with Crippen molar-refractivity contribution in [3.05, 3.63) is 28.8 Å². The third-order valence-electron chi connectivity index (χ3n) is 1.73. The summed E-state index contributed by atoms with van der Waals surface area (Å²) in [5, 5.41) is 0.434. The fraction of sp³-hybridized carbons (Fsp3) is 0.273. The second-order valence-electron chi connectivity index (χ2n) is 3.23. The van der Waals surface area contributed by atoms with Crippen molar-refractivity contribution in [3.63, 3.8) is 0 Å². The Balaban J connectivity index is 2.87. The van der Waals surface area contributed by atoms with Crippen LogP contribution < -0.4 is 4.74 Å². The molecule has 1 aromatic rings. The summed E-state index contributed by atoms with van der Waals surface area (Å²) in [6.45, 7) is 2.81. The average molecular weight is 227 g/mol. The molecule has 1 aromatic carbocycles. The lowest BCUT2D eigenvalue weighted by Gasteiger charge is -2.05. The molecule has 0 aliphatic carbocycles. The van der Waals surface area contributed by atoms with Crippen molar-refractivity contribution in [1.29, 1.82) is 0 Å². The van der Waals surface area contributed by atoms with Crippen LogP contribution in [-0.2, 0) is 16.0 Å². The molecule has 0 radical (unpaired) electrons. The van der Waals surface area contributed by atoms with Gasteiger partial charge in [0, 0.05) is 18.4 Å². The SMILES string of the molecule is CC(=O)Cc1ccc(OC(C)=O)cc1Cl. The molecule has 0 atom stereocenters. The second kappa shape index (κ2) is 4.94. The lowest BCUT2D eigenvalue weighted by molar-refractivity contribution is -0.131. The topological polar surface area (TPSA) is 43.4 Å². The number of ketones is 1. The van der Waals surface area contributed by atoms with Gasteiger partial charge in [0.25, 0.3) is 0 Å². The van der Waals surface area contributed by atoms with Crippen LogP contribution in [0.25, 0.3) is 0 Å². The minimum Gasteiger partial charge on any atom is -0.427 e. The fourth-order valence-electron chi connectivity index (χ4n) is 1.17. The van der Waals surface area contributed by atoms with Gasteiger partial charge in [-0.1, -0.05) is 17.7 Å². The van der Waals surface area contributed by atoms with E-state index in [1.165, 1.54) is 19.9 Å². The van der Waals surface area contributed by atoms with Crippen LogP contribution in [0, 0.1) is 0 Å². The van der Waals surface area contributed by atoms with Crippen molar-refractivity contribution in [3.8, 4) is 5.75 Å². The van der Waals surface area contributed by atoms with Crippen LogP contribution in [0.3, 0.4) is 0 Å². The zero-order valence-electron chi connectivity index (χ0n) is 8.54. The van der Waals surface area contributed by atoms with Gasteiger partial charge < -0.3 is 4.74 Å². The van der Waals surface area contributed by atoms with Gasteiger partial charge in [0.2, 0.25) is 0 Å². The van der Waals surface area contributed by atoms with Crippen molar-refractivity contribution in [2.24, 2.45) is 0 Å². The number of Topliss-reactive ketones (excluding diaryl/α,β-unsaturated/α-hetero) is 1. The van der Waals surface area contributed by atoms with E-state index in [1.807, 2.05) is 0 Å². The summed E-state index contributed by atoms with van der Waals surface area (Å²) in [5.74, 6) is 0.0299. The second-order valence-corrected chi connectivity index (χ2v) is 3.63. The molecule has 0 saturated heterocycles. The van der Waals surface area contributed by atoms with E-state index in [1.54, 1.807) is 12.1 Å². The van der Waals surface area contributed by atoms with Crippen LogP contribution in [0.1, 0.15) is 19.4 Å². The molecular weight excluding hydrogens is 216 g/mol. The Hall–Kier alpha value is -1.35. The molecule has 0 spiro atoms. The highest BCUT2D eigenvalue weighted by molar-refractivity contribution is 6.31. The number of halogens is 1. The average Bonchev–Trinajstić information content (AvgIpc) is 2.08. The van der Waals surface area contributed by atoms with Crippen LogP contribution in [0.2, 0.25) is 5.02 Å². The lowest BCUT2D eigenvalue weighted by Crippen LogP contribution is -2.02. The largest absolute Gasteiger partial charge is 0.427 e. The highest BCUT2D eigenvalue weighted by atomic mass is 35.5. The molecule has 0 aromatic heterocycles. The molecular formula is C11H11ClO3. The van der Waals surface area contributed by atoms with E-state index in [2.05, 4.69) is 0 Å². The van der Waals surface area contributed by atoms with Crippen molar-refractivity contribution >= 4 is 23.4 Å². The van der Waals surface area contributed by atoms with E-state index in [4.69, 9.17) is 16.3 Å². The minimum absolute atomic E-state index is 0.0390. The van der Waals surface area contributed by atoms with Gasteiger partial charge >= 0.3 is 5.97 Å². The van der Waals surface area contributed by atoms with Crippen LogP contribution >= 0.6 is 11.6 Å². The van der Waals surface area contributed by atoms with Crippen LogP contribution in [0.5, 0.6) is 5.75 Å². The van der Waals surface area contributed by atoms with Gasteiger partial charge in [-0.05, 0) is 24.6 Å². The Morgan fingerprint density at radius 3 is 2.47 bits per heavy atom. The molecule has 80 valence electrons. The summed E-state index contributed by atoms with van der Waals surface area (Å²) in [5.41, 5.74) is 0.736. The summed E-state index contributed by atoms with van der Waals surface area (Å²) in [7, 11) is 0. The molecule has 3 nitrogen and oxygen atoms in total. The van der Waals surface area contributed by atoms with E-state index < -0.39 is 5.97 Å². The molecule has 4 heteroatoms. The first-order chi connectivity index (χ1) is 6.99. The van der Waals surface area contributed by atoms with Crippen molar-refractivity contribution in [2.75, 3.05) is 0 Å².